The van der Waals surface area contributed by atoms with E-state index < -0.39 is 9.84 Å². The molecule has 0 amide bonds. The van der Waals surface area contributed by atoms with E-state index in [1.807, 2.05) is 37.3 Å². The third-order valence-corrected chi connectivity index (χ3v) is 5.72. The van der Waals surface area contributed by atoms with E-state index >= 15 is 0 Å². The summed E-state index contributed by atoms with van der Waals surface area (Å²) in [4.78, 5) is 6.73. The summed E-state index contributed by atoms with van der Waals surface area (Å²) in [6.45, 7) is 2.79. The van der Waals surface area contributed by atoms with E-state index in [1.165, 1.54) is 0 Å². The van der Waals surface area contributed by atoms with Crippen molar-refractivity contribution in [1.29, 1.82) is 0 Å². The molecule has 1 saturated heterocycles. The predicted octanol–water partition coefficient (Wildman–Crippen LogP) is 1.32. The van der Waals surface area contributed by atoms with Gasteiger partial charge in [0.25, 0.3) is 0 Å². The van der Waals surface area contributed by atoms with E-state index in [4.69, 9.17) is 5.73 Å². The molecule has 2 heterocycles. The first-order valence-electron chi connectivity index (χ1n) is 7.06. The Balaban J connectivity index is 2.11. The van der Waals surface area contributed by atoms with Crippen molar-refractivity contribution in [2.45, 2.75) is 19.5 Å². The van der Waals surface area contributed by atoms with Gasteiger partial charge in [0.1, 0.15) is 5.82 Å². The highest BCUT2D eigenvalue weighted by Crippen LogP contribution is 2.29. The minimum Gasteiger partial charge on any atom is -0.351 e. The van der Waals surface area contributed by atoms with Crippen LogP contribution in [0.15, 0.2) is 30.3 Å². The lowest BCUT2D eigenvalue weighted by Crippen LogP contribution is -2.47. The zero-order valence-corrected chi connectivity index (χ0v) is 12.8. The molecular formula is C15H19N3O2S. The molecule has 6 heteroatoms. The van der Waals surface area contributed by atoms with Crippen LogP contribution in [0, 0.1) is 0 Å². The van der Waals surface area contributed by atoms with Crippen LogP contribution in [0.3, 0.4) is 0 Å². The van der Waals surface area contributed by atoms with Gasteiger partial charge < -0.3 is 10.6 Å². The highest BCUT2D eigenvalue weighted by Gasteiger charge is 2.29. The molecule has 1 unspecified atom stereocenters. The standard InChI is InChI=1S/C15H19N3O2S/c1-11-10-21(19,20)7-6-18(11)15-14-5-3-2-4-12(14)8-13(9-16)17-15/h2-5,8,11H,6-7,9-10,16H2,1H3. The van der Waals surface area contributed by atoms with Crippen LogP contribution in [0.4, 0.5) is 5.82 Å². The predicted molar refractivity (Wildman–Crippen MR) is 85.1 cm³/mol. The van der Waals surface area contributed by atoms with Gasteiger partial charge in [-0.05, 0) is 18.4 Å². The average molecular weight is 305 g/mol. The smallest absolute Gasteiger partial charge is 0.154 e. The third-order valence-electron chi connectivity index (χ3n) is 3.92. The molecular weight excluding hydrogens is 286 g/mol. The summed E-state index contributed by atoms with van der Waals surface area (Å²) in [7, 11) is -2.94. The minimum absolute atomic E-state index is 0.0762. The van der Waals surface area contributed by atoms with Crippen LogP contribution in [0.1, 0.15) is 12.6 Å². The topological polar surface area (TPSA) is 76.3 Å². The number of hydrogen-bond donors (Lipinski definition) is 1. The molecule has 21 heavy (non-hydrogen) atoms. The molecule has 1 fully saturated rings. The number of pyridine rings is 1. The van der Waals surface area contributed by atoms with Crippen LogP contribution in [0.2, 0.25) is 0 Å². The van der Waals surface area contributed by atoms with Crippen LogP contribution in [0.5, 0.6) is 0 Å². The molecule has 0 bridgehead atoms. The molecule has 3 rings (SSSR count). The Kier molecular flexibility index (Phi) is 3.59. The lowest BCUT2D eigenvalue weighted by molar-refractivity contribution is 0.567. The molecule has 1 aliphatic rings. The van der Waals surface area contributed by atoms with Gasteiger partial charge in [-0.3, -0.25) is 0 Å². The van der Waals surface area contributed by atoms with Gasteiger partial charge in [0, 0.05) is 24.5 Å². The molecule has 1 atom stereocenters. The van der Waals surface area contributed by atoms with Crippen LogP contribution >= 0.6 is 0 Å². The summed E-state index contributed by atoms with van der Waals surface area (Å²) in [6.07, 6.45) is 0. The third kappa shape index (κ3) is 2.73. The average Bonchev–Trinajstić information content (AvgIpc) is 2.45. The molecule has 0 spiro atoms. The Labute approximate surface area is 124 Å². The molecule has 0 saturated carbocycles. The quantitative estimate of drug-likeness (QED) is 0.905. The normalized spacial score (nSPS) is 21.6. The van der Waals surface area contributed by atoms with E-state index in [0.717, 1.165) is 22.3 Å². The summed E-state index contributed by atoms with van der Waals surface area (Å²) in [5.74, 6) is 1.20. The van der Waals surface area contributed by atoms with Crippen LogP contribution in [0.25, 0.3) is 10.8 Å². The van der Waals surface area contributed by atoms with Crippen molar-refractivity contribution in [3.63, 3.8) is 0 Å². The molecule has 2 aromatic rings. The molecule has 0 radical (unpaired) electrons. The number of benzene rings is 1. The largest absolute Gasteiger partial charge is 0.351 e. The van der Waals surface area contributed by atoms with Gasteiger partial charge in [-0.25, -0.2) is 13.4 Å². The number of rotatable bonds is 2. The van der Waals surface area contributed by atoms with Crippen molar-refractivity contribution < 1.29 is 8.42 Å². The highest BCUT2D eigenvalue weighted by atomic mass is 32.2. The zero-order chi connectivity index (χ0) is 15.0. The minimum atomic E-state index is -2.94. The Morgan fingerprint density at radius 3 is 2.86 bits per heavy atom. The number of hydrogen-bond acceptors (Lipinski definition) is 5. The van der Waals surface area contributed by atoms with E-state index in [9.17, 15) is 8.42 Å². The number of anilines is 1. The Hall–Kier alpha value is -1.66. The molecule has 1 aliphatic heterocycles. The summed E-state index contributed by atoms with van der Waals surface area (Å²) < 4.78 is 23.5. The maximum atomic E-state index is 11.8. The second-order valence-corrected chi connectivity index (χ2v) is 7.75. The van der Waals surface area contributed by atoms with Crippen molar-refractivity contribution in [3.8, 4) is 0 Å². The fourth-order valence-electron chi connectivity index (χ4n) is 2.87. The Morgan fingerprint density at radius 1 is 1.38 bits per heavy atom. The van der Waals surface area contributed by atoms with E-state index in [0.29, 0.717) is 13.1 Å². The van der Waals surface area contributed by atoms with Crippen LogP contribution < -0.4 is 10.6 Å². The number of fused-ring (bicyclic) bond motifs is 1. The lowest BCUT2D eigenvalue weighted by Gasteiger charge is -2.35. The fourth-order valence-corrected chi connectivity index (χ4v) is 4.43. The second-order valence-electron chi connectivity index (χ2n) is 5.52. The second kappa shape index (κ2) is 5.27. The monoisotopic (exact) mass is 305 g/mol. The summed E-state index contributed by atoms with van der Waals surface area (Å²) in [5.41, 5.74) is 6.56. The molecule has 2 N–H and O–H groups in total. The molecule has 1 aromatic carbocycles. The van der Waals surface area contributed by atoms with E-state index in [2.05, 4.69) is 9.88 Å². The number of aromatic nitrogens is 1. The Bertz CT molecular complexity index is 774. The first-order chi connectivity index (χ1) is 10.00. The summed E-state index contributed by atoms with van der Waals surface area (Å²) in [5, 5.41) is 2.13. The van der Waals surface area contributed by atoms with E-state index in [-0.39, 0.29) is 17.5 Å². The Morgan fingerprint density at radius 2 is 2.14 bits per heavy atom. The van der Waals surface area contributed by atoms with Crippen molar-refractivity contribution in [2.75, 3.05) is 23.0 Å². The van der Waals surface area contributed by atoms with Gasteiger partial charge in [-0.2, -0.15) is 0 Å². The van der Waals surface area contributed by atoms with E-state index in [1.54, 1.807) is 0 Å². The number of sulfone groups is 1. The molecule has 5 nitrogen and oxygen atoms in total. The van der Waals surface area contributed by atoms with Gasteiger partial charge in [-0.1, -0.05) is 24.3 Å². The fraction of sp³-hybridized carbons (Fsp3) is 0.400. The first-order valence-corrected chi connectivity index (χ1v) is 8.88. The molecule has 112 valence electrons. The van der Waals surface area contributed by atoms with Crippen molar-refractivity contribution >= 4 is 26.4 Å². The summed E-state index contributed by atoms with van der Waals surface area (Å²) in [6, 6.07) is 9.92. The van der Waals surface area contributed by atoms with Crippen molar-refractivity contribution in [3.05, 3.63) is 36.0 Å². The first kappa shape index (κ1) is 14.3. The van der Waals surface area contributed by atoms with Gasteiger partial charge >= 0.3 is 0 Å². The molecule has 0 aliphatic carbocycles. The van der Waals surface area contributed by atoms with Gasteiger partial charge in [0.05, 0.1) is 17.2 Å². The molecule has 1 aromatic heterocycles. The summed E-state index contributed by atoms with van der Waals surface area (Å²) >= 11 is 0. The van der Waals surface area contributed by atoms with Crippen molar-refractivity contribution in [2.24, 2.45) is 5.73 Å². The van der Waals surface area contributed by atoms with Crippen LogP contribution in [-0.2, 0) is 16.4 Å². The lowest BCUT2D eigenvalue weighted by atomic mass is 10.1. The van der Waals surface area contributed by atoms with Gasteiger partial charge in [0.2, 0.25) is 0 Å². The number of nitrogens with two attached hydrogens (primary N) is 1. The highest BCUT2D eigenvalue weighted by molar-refractivity contribution is 7.91. The maximum absolute atomic E-state index is 11.8. The zero-order valence-electron chi connectivity index (χ0n) is 12.0. The van der Waals surface area contributed by atoms with Gasteiger partial charge in [-0.15, -0.1) is 0 Å². The number of nitrogens with zero attached hydrogens (tertiary/aromatic N) is 2. The van der Waals surface area contributed by atoms with Crippen LogP contribution in [-0.4, -0.2) is 37.5 Å². The van der Waals surface area contributed by atoms with Crippen molar-refractivity contribution in [1.82, 2.24) is 4.98 Å². The maximum Gasteiger partial charge on any atom is 0.154 e. The SMILES string of the molecule is CC1CS(=O)(=O)CCN1c1nc(CN)cc2ccccc12. The van der Waals surface area contributed by atoms with Gasteiger partial charge in [0.15, 0.2) is 9.84 Å².